The molecular formula is C16H13Cl2NO5S. The van der Waals surface area contributed by atoms with E-state index in [1.165, 1.54) is 37.3 Å². The Labute approximate surface area is 154 Å². The molecule has 0 aliphatic rings. The topological polar surface area (TPSA) is 104 Å². The van der Waals surface area contributed by atoms with Gasteiger partial charge in [0.1, 0.15) is 0 Å². The summed E-state index contributed by atoms with van der Waals surface area (Å²) in [5.41, 5.74) is 0.109. The van der Waals surface area contributed by atoms with Crippen LogP contribution in [0.5, 0.6) is 0 Å². The first-order valence-electron chi connectivity index (χ1n) is 6.92. The number of esters is 1. The predicted octanol–water partition coefficient (Wildman–Crippen LogP) is 3.07. The zero-order valence-electron chi connectivity index (χ0n) is 12.9. The molecular weight excluding hydrogens is 389 g/mol. The summed E-state index contributed by atoms with van der Waals surface area (Å²) < 4.78 is 27.8. The van der Waals surface area contributed by atoms with E-state index in [1.807, 2.05) is 0 Å². The number of Topliss-reactive ketones (excluding diaryl/α,β-unsaturated/α-hetero) is 1. The van der Waals surface area contributed by atoms with Gasteiger partial charge in [-0.25, -0.2) is 18.4 Å². The number of sulfonamides is 1. The van der Waals surface area contributed by atoms with Crippen molar-refractivity contribution in [1.29, 1.82) is 0 Å². The minimum atomic E-state index is -4.01. The number of carbonyl (C=O) groups excluding carboxylic acids is 2. The zero-order valence-corrected chi connectivity index (χ0v) is 15.2. The molecule has 6 nitrogen and oxygen atoms in total. The van der Waals surface area contributed by atoms with Gasteiger partial charge in [0.25, 0.3) is 0 Å². The van der Waals surface area contributed by atoms with Crippen molar-refractivity contribution in [3.63, 3.8) is 0 Å². The molecule has 0 radical (unpaired) electrons. The van der Waals surface area contributed by atoms with Crippen LogP contribution in [0.1, 0.15) is 27.6 Å². The molecule has 0 aliphatic heterocycles. The fraction of sp³-hybridized carbons (Fsp3) is 0.125. The lowest BCUT2D eigenvalue weighted by atomic mass is 10.1. The van der Waals surface area contributed by atoms with Crippen LogP contribution in [0.4, 0.5) is 0 Å². The van der Waals surface area contributed by atoms with E-state index >= 15 is 0 Å². The lowest BCUT2D eigenvalue weighted by Gasteiger charge is -2.13. The number of primary sulfonamides is 1. The molecule has 0 fully saturated rings. The first kappa shape index (κ1) is 19.4. The second-order valence-corrected chi connectivity index (χ2v) is 7.51. The highest BCUT2D eigenvalue weighted by Crippen LogP contribution is 2.22. The average Bonchev–Trinajstić information content (AvgIpc) is 2.54. The van der Waals surface area contributed by atoms with E-state index in [1.54, 1.807) is 0 Å². The minimum Gasteiger partial charge on any atom is -0.451 e. The van der Waals surface area contributed by atoms with Gasteiger partial charge < -0.3 is 4.74 Å². The summed E-state index contributed by atoms with van der Waals surface area (Å²) >= 11 is 11.7. The molecule has 0 spiro atoms. The summed E-state index contributed by atoms with van der Waals surface area (Å²) in [5.74, 6) is -1.38. The van der Waals surface area contributed by atoms with E-state index in [4.69, 9.17) is 33.1 Å². The lowest BCUT2D eigenvalue weighted by molar-refractivity contribution is 0.0318. The third-order valence-corrected chi connectivity index (χ3v) is 4.76. The maximum atomic E-state index is 12.3. The number of hydrogen-bond acceptors (Lipinski definition) is 5. The molecule has 2 rings (SSSR count). The normalized spacial score (nSPS) is 12.5. The smallest absolute Gasteiger partial charge is 0.340 e. The molecule has 0 amide bonds. The van der Waals surface area contributed by atoms with Crippen molar-refractivity contribution >= 4 is 45.0 Å². The van der Waals surface area contributed by atoms with Crippen molar-refractivity contribution in [3.8, 4) is 0 Å². The van der Waals surface area contributed by atoms with Crippen LogP contribution in [0.15, 0.2) is 47.4 Å². The number of ether oxygens (including phenoxy) is 1. The highest BCUT2D eigenvalue weighted by molar-refractivity contribution is 7.89. The van der Waals surface area contributed by atoms with Crippen LogP contribution in [-0.4, -0.2) is 26.3 Å². The molecule has 0 bridgehead atoms. The van der Waals surface area contributed by atoms with E-state index in [0.717, 1.165) is 12.1 Å². The van der Waals surface area contributed by atoms with Crippen LogP contribution in [0.25, 0.3) is 0 Å². The predicted molar refractivity (Wildman–Crippen MR) is 93.5 cm³/mol. The van der Waals surface area contributed by atoms with E-state index < -0.39 is 27.9 Å². The van der Waals surface area contributed by atoms with Gasteiger partial charge in [0.15, 0.2) is 6.10 Å². The van der Waals surface area contributed by atoms with E-state index in [9.17, 15) is 18.0 Å². The van der Waals surface area contributed by atoms with Crippen LogP contribution in [-0.2, 0) is 14.8 Å². The second kappa shape index (κ2) is 7.53. The maximum absolute atomic E-state index is 12.3. The SMILES string of the molecule is CC(OC(=O)c1cc(S(N)(=O)=O)ccc1Cl)C(=O)c1ccc(Cl)cc1. The standard InChI is InChI=1S/C16H13Cl2NO5S/c1-9(15(20)10-2-4-11(17)5-3-10)24-16(21)13-8-12(25(19,22)23)6-7-14(13)18/h2-9H,1H3,(H2,19,22,23). The molecule has 1 unspecified atom stereocenters. The van der Waals surface area contributed by atoms with Crippen molar-refractivity contribution < 1.29 is 22.7 Å². The number of halogens is 2. The van der Waals surface area contributed by atoms with E-state index in [2.05, 4.69) is 0 Å². The molecule has 2 N–H and O–H groups in total. The Bertz CT molecular complexity index is 926. The van der Waals surface area contributed by atoms with Gasteiger partial charge >= 0.3 is 5.97 Å². The number of ketones is 1. The van der Waals surface area contributed by atoms with E-state index in [-0.39, 0.29) is 15.5 Å². The monoisotopic (exact) mass is 401 g/mol. The van der Waals surface area contributed by atoms with Crippen molar-refractivity contribution in [3.05, 3.63) is 63.6 Å². The molecule has 9 heteroatoms. The molecule has 2 aromatic rings. The van der Waals surface area contributed by atoms with Crippen molar-refractivity contribution in [1.82, 2.24) is 0 Å². The second-order valence-electron chi connectivity index (χ2n) is 5.11. The van der Waals surface area contributed by atoms with Gasteiger partial charge in [0, 0.05) is 10.6 Å². The van der Waals surface area contributed by atoms with Crippen molar-refractivity contribution in [2.45, 2.75) is 17.9 Å². The van der Waals surface area contributed by atoms with Crippen molar-refractivity contribution in [2.24, 2.45) is 5.14 Å². The van der Waals surface area contributed by atoms with Gasteiger partial charge in [-0.15, -0.1) is 0 Å². The van der Waals surface area contributed by atoms with Gasteiger partial charge in [-0.2, -0.15) is 0 Å². The Morgan fingerprint density at radius 2 is 1.68 bits per heavy atom. The van der Waals surface area contributed by atoms with E-state index in [0.29, 0.717) is 10.6 Å². The molecule has 0 saturated carbocycles. The molecule has 1 atom stereocenters. The summed E-state index contributed by atoms with van der Waals surface area (Å²) in [6, 6.07) is 9.46. The fourth-order valence-corrected chi connectivity index (χ4v) is 2.82. The number of benzene rings is 2. The van der Waals surface area contributed by atoms with Gasteiger partial charge in [0.2, 0.25) is 15.8 Å². The quantitative estimate of drug-likeness (QED) is 0.612. The number of nitrogens with two attached hydrogens (primary N) is 1. The molecule has 25 heavy (non-hydrogen) atoms. The molecule has 0 aliphatic carbocycles. The van der Waals surface area contributed by atoms with Crippen molar-refractivity contribution in [2.75, 3.05) is 0 Å². The van der Waals surface area contributed by atoms with Gasteiger partial charge in [-0.3, -0.25) is 4.79 Å². The molecule has 132 valence electrons. The Hall–Kier alpha value is -1.93. The summed E-state index contributed by atoms with van der Waals surface area (Å²) in [6.45, 7) is 1.40. The summed E-state index contributed by atoms with van der Waals surface area (Å²) in [4.78, 5) is 24.2. The largest absolute Gasteiger partial charge is 0.451 e. The minimum absolute atomic E-state index is 0.0245. The average molecular weight is 402 g/mol. The van der Waals surface area contributed by atoms with Crippen LogP contribution in [0.3, 0.4) is 0 Å². The Morgan fingerprint density at radius 1 is 1.08 bits per heavy atom. The number of rotatable bonds is 5. The van der Waals surface area contributed by atoms with Gasteiger partial charge in [-0.1, -0.05) is 23.2 Å². The molecule has 0 saturated heterocycles. The van der Waals surface area contributed by atoms with Crippen LogP contribution < -0.4 is 5.14 Å². The number of carbonyl (C=O) groups is 2. The molecule has 0 aromatic heterocycles. The Balaban J connectivity index is 2.21. The van der Waals surface area contributed by atoms with Gasteiger partial charge in [-0.05, 0) is 49.4 Å². The summed E-state index contributed by atoms with van der Waals surface area (Å²) in [7, 11) is -4.01. The Morgan fingerprint density at radius 3 is 2.24 bits per heavy atom. The third kappa shape index (κ3) is 4.79. The van der Waals surface area contributed by atoms with Gasteiger partial charge in [0.05, 0.1) is 15.5 Å². The fourth-order valence-electron chi connectivity index (χ4n) is 1.96. The molecule has 0 heterocycles. The Kier molecular flexibility index (Phi) is 5.84. The highest BCUT2D eigenvalue weighted by atomic mass is 35.5. The summed E-state index contributed by atoms with van der Waals surface area (Å²) in [6.07, 6.45) is -1.11. The molecule has 2 aromatic carbocycles. The first-order chi connectivity index (χ1) is 11.6. The summed E-state index contributed by atoms with van der Waals surface area (Å²) in [5, 5.41) is 5.47. The van der Waals surface area contributed by atoms with Crippen LogP contribution >= 0.6 is 23.2 Å². The number of hydrogen-bond donors (Lipinski definition) is 1. The van der Waals surface area contributed by atoms with Crippen LogP contribution in [0.2, 0.25) is 10.0 Å². The first-order valence-corrected chi connectivity index (χ1v) is 9.23. The maximum Gasteiger partial charge on any atom is 0.340 e. The third-order valence-electron chi connectivity index (χ3n) is 3.27. The van der Waals surface area contributed by atoms with Crippen LogP contribution in [0, 0.1) is 0 Å². The highest BCUT2D eigenvalue weighted by Gasteiger charge is 2.23. The zero-order chi connectivity index (χ0) is 18.8. The lowest BCUT2D eigenvalue weighted by Crippen LogP contribution is -2.25.